The van der Waals surface area contributed by atoms with Crippen LogP contribution >= 0.6 is 0 Å². The second-order valence-corrected chi connectivity index (χ2v) is 11.4. The van der Waals surface area contributed by atoms with Crippen molar-refractivity contribution >= 4 is 5.97 Å². The van der Waals surface area contributed by atoms with E-state index in [0.717, 1.165) is 62.6 Å². The zero-order valence-electron chi connectivity index (χ0n) is 26.0. The number of ether oxygens (including phenoxy) is 4. The first-order chi connectivity index (χ1) is 20.5. The number of benzene rings is 2. The zero-order valence-corrected chi connectivity index (χ0v) is 26.0. The summed E-state index contributed by atoms with van der Waals surface area (Å²) in [7, 11) is 2.13. The Kier molecular flexibility index (Phi) is 16.1. The maximum atomic E-state index is 11.7. The molecule has 3 rings (SSSR count). The summed E-state index contributed by atoms with van der Waals surface area (Å²) in [5.41, 5.74) is 2.26. The molecule has 1 aliphatic rings. The van der Waals surface area contributed by atoms with E-state index in [-0.39, 0.29) is 36.9 Å². The van der Waals surface area contributed by atoms with Gasteiger partial charge in [0.05, 0.1) is 50.8 Å². The van der Waals surface area contributed by atoms with Crippen LogP contribution in [0.1, 0.15) is 82.8 Å². The lowest BCUT2D eigenvalue weighted by atomic mass is 10.1. The molecule has 7 heteroatoms. The molecule has 1 unspecified atom stereocenters. The monoisotopic (exact) mass is 583 g/mol. The van der Waals surface area contributed by atoms with Gasteiger partial charge in [0.15, 0.2) is 0 Å². The van der Waals surface area contributed by atoms with Gasteiger partial charge in [-0.1, -0.05) is 93.3 Å². The molecule has 0 radical (unpaired) electrons. The van der Waals surface area contributed by atoms with Crippen LogP contribution in [0.2, 0.25) is 0 Å². The summed E-state index contributed by atoms with van der Waals surface area (Å²) >= 11 is 0. The second kappa shape index (κ2) is 19.8. The van der Waals surface area contributed by atoms with E-state index in [1.165, 1.54) is 0 Å². The van der Waals surface area contributed by atoms with Crippen LogP contribution in [0.4, 0.5) is 0 Å². The number of rotatable bonds is 21. The lowest BCUT2D eigenvalue weighted by Gasteiger charge is -2.35. The standard InChI is InChI=1S/C35H53NO6/c1-4-6-10-21-30(37)27-42-35-32(41-26-29-19-13-8-14-20-29)24-31(40-25-28-17-11-7-12-18-28)34(35)36(3)23-16-9-15-22-33(38)39-5-2/h7-8,11-14,17-20,30-32,34-35,37H,4-6,9-10,15-16,21-27H2,1-3H3/t30?,31-,32+,34+,35+/m0/s1. The third-order valence-corrected chi connectivity index (χ3v) is 7.99. The lowest BCUT2D eigenvalue weighted by Crippen LogP contribution is -2.49. The summed E-state index contributed by atoms with van der Waals surface area (Å²) in [6.07, 6.45) is 6.89. The minimum Gasteiger partial charge on any atom is -0.466 e. The topological polar surface area (TPSA) is 77.5 Å². The molecule has 42 heavy (non-hydrogen) atoms. The van der Waals surface area contributed by atoms with Gasteiger partial charge in [0.1, 0.15) is 6.10 Å². The Labute approximate surface area is 253 Å². The number of unbranched alkanes of at least 4 members (excludes halogenated alkanes) is 4. The minimum atomic E-state index is -0.496. The molecule has 0 aromatic heterocycles. The highest BCUT2D eigenvalue weighted by Gasteiger charge is 2.47. The SMILES string of the molecule is CCCCCC(O)CO[C@H]1[C@H](N(C)CCCCCC(=O)OCC)[C@@H](OCc2ccccc2)C[C@H]1OCc1ccccc1. The van der Waals surface area contributed by atoms with Crippen LogP contribution in [0.3, 0.4) is 0 Å². The van der Waals surface area contributed by atoms with E-state index in [0.29, 0.717) is 32.7 Å². The Morgan fingerprint density at radius 1 is 0.857 bits per heavy atom. The Balaban J connectivity index is 1.70. The van der Waals surface area contributed by atoms with Gasteiger partial charge in [-0.3, -0.25) is 9.69 Å². The number of nitrogens with zero attached hydrogens (tertiary/aromatic N) is 1. The van der Waals surface area contributed by atoms with E-state index in [2.05, 4.69) is 43.1 Å². The minimum absolute atomic E-state index is 0.0256. The van der Waals surface area contributed by atoms with E-state index in [1.807, 2.05) is 43.3 Å². The summed E-state index contributed by atoms with van der Waals surface area (Å²) in [5, 5.41) is 10.7. The first-order valence-corrected chi connectivity index (χ1v) is 16.0. The largest absolute Gasteiger partial charge is 0.466 e. The molecule has 234 valence electrons. The quantitative estimate of drug-likeness (QED) is 0.136. The molecule has 1 saturated carbocycles. The molecule has 0 spiro atoms. The van der Waals surface area contributed by atoms with E-state index in [4.69, 9.17) is 18.9 Å². The van der Waals surface area contributed by atoms with Crippen molar-refractivity contribution in [3.63, 3.8) is 0 Å². The van der Waals surface area contributed by atoms with Crippen molar-refractivity contribution in [2.24, 2.45) is 0 Å². The van der Waals surface area contributed by atoms with Crippen molar-refractivity contribution < 1.29 is 28.8 Å². The van der Waals surface area contributed by atoms with Gasteiger partial charge in [0.25, 0.3) is 0 Å². The number of aliphatic hydroxyl groups excluding tert-OH is 1. The Bertz CT molecular complexity index is 974. The normalized spacial score (nSPS) is 21.1. The van der Waals surface area contributed by atoms with Gasteiger partial charge in [-0.05, 0) is 50.9 Å². The third kappa shape index (κ3) is 12.1. The van der Waals surface area contributed by atoms with Crippen molar-refractivity contribution in [1.29, 1.82) is 0 Å². The number of carbonyl (C=O) groups is 1. The molecule has 2 aromatic rings. The first-order valence-electron chi connectivity index (χ1n) is 16.0. The fourth-order valence-electron chi connectivity index (χ4n) is 5.68. The molecule has 0 heterocycles. The van der Waals surface area contributed by atoms with Gasteiger partial charge in [-0.15, -0.1) is 0 Å². The smallest absolute Gasteiger partial charge is 0.305 e. The third-order valence-electron chi connectivity index (χ3n) is 7.99. The fraction of sp³-hybridized carbons (Fsp3) is 0.629. The number of esters is 1. The number of carbonyl (C=O) groups excluding carboxylic acids is 1. The maximum Gasteiger partial charge on any atom is 0.305 e. The van der Waals surface area contributed by atoms with Gasteiger partial charge < -0.3 is 24.1 Å². The van der Waals surface area contributed by atoms with Gasteiger partial charge in [0, 0.05) is 12.8 Å². The Hall–Kier alpha value is -2.29. The Morgan fingerprint density at radius 3 is 2.12 bits per heavy atom. The average molecular weight is 584 g/mol. The number of hydrogen-bond donors (Lipinski definition) is 1. The second-order valence-electron chi connectivity index (χ2n) is 11.4. The van der Waals surface area contributed by atoms with Crippen molar-refractivity contribution in [2.75, 3.05) is 26.8 Å². The van der Waals surface area contributed by atoms with Crippen molar-refractivity contribution in [2.45, 2.75) is 115 Å². The van der Waals surface area contributed by atoms with E-state index < -0.39 is 6.10 Å². The van der Waals surface area contributed by atoms with Crippen LogP contribution in [0.5, 0.6) is 0 Å². The highest BCUT2D eigenvalue weighted by molar-refractivity contribution is 5.69. The predicted molar refractivity (Wildman–Crippen MR) is 166 cm³/mol. The van der Waals surface area contributed by atoms with Gasteiger partial charge >= 0.3 is 5.97 Å². The van der Waals surface area contributed by atoms with Crippen molar-refractivity contribution in [3.05, 3.63) is 71.8 Å². The molecule has 1 aliphatic carbocycles. The van der Waals surface area contributed by atoms with E-state index >= 15 is 0 Å². The van der Waals surface area contributed by atoms with E-state index in [1.54, 1.807) is 0 Å². The predicted octanol–water partition coefficient (Wildman–Crippen LogP) is 6.31. The summed E-state index contributed by atoms with van der Waals surface area (Å²) in [4.78, 5) is 14.1. The van der Waals surface area contributed by atoms with Crippen LogP contribution in [0, 0.1) is 0 Å². The van der Waals surface area contributed by atoms with Crippen LogP contribution in [0.25, 0.3) is 0 Å². The molecule has 0 bridgehead atoms. The van der Waals surface area contributed by atoms with Crippen LogP contribution < -0.4 is 0 Å². The maximum absolute atomic E-state index is 11.7. The van der Waals surface area contributed by atoms with Crippen LogP contribution in [0.15, 0.2) is 60.7 Å². The molecule has 0 amide bonds. The molecule has 5 atom stereocenters. The molecular weight excluding hydrogens is 530 g/mol. The van der Waals surface area contributed by atoms with Gasteiger partial charge in [-0.2, -0.15) is 0 Å². The summed E-state index contributed by atoms with van der Waals surface area (Å²) in [5.74, 6) is -0.125. The average Bonchev–Trinajstić information content (AvgIpc) is 3.36. The van der Waals surface area contributed by atoms with Crippen LogP contribution in [-0.4, -0.2) is 73.2 Å². The molecule has 7 nitrogen and oxygen atoms in total. The summed E-state index contributed by atoms with van der Waals surface area (Å²) < 4.78 is 24.7. The molecule has 1 N–H and O–H groups in total. The van der Waals surface area contributed by atoms with Crippen molar-refractivity contribution in [3.8, 4) is 0 Å². The molecule has 0 saturated heterocycles. The van der Waals surface area contributed by atoms with E-state index in [9.17, 15) is 9.90 Å². The number of likely N-dealkylation sites (N-methyl/N-ethyl adjacent to an activating group) is 1. The molecule has 0 aliphatic heterocycles. The lowest BCUT2D eigenvalue weighted by molar-refractivity contribution is -0.143. The highest BCUT2D eigenvalue weighted by Crippen LogP contribution is 2.33. The van der Waals surface area contributed by atoms with Gasteiger partial charge in [-0.25, -0.2) is 0 Å². The summed E-state index contributed by atoms with van der Waals surface area (Å²) in [6, 6.07) is 20.4. The molecule has 1 fully saturated rings. The molecule has 2 aromatic carbocycles. The van der Waals surface area contributed by atoms with Gasteiger partial charge in [0.2, 0.25) is 0 Å². The Morgan fingerprint density at radius 2 is 1.50 bits per heavy atom. The number of hydrogen-bond acceptors (Lipinski definition) is 7. The summed E-state index contributed by atoms with van der Waals surface area (Å²) in [6.45, 7) is 6.59. The number of aliphatic hydroxyl groups is 1. The first kappa shape index (κ1) is 34.2. The highest BCUT2D eigenvalue weighted by atomic mass is 16.6. The molecular formula is C35H53NO6. The zero-order chi connectivity index (χ0) is 30.0. The fourth-order valence-corrected chi connectivity index (χ4v) is 5.68. The van der Waals surface area contributed by atoms with Crippen molar-refractivity contribution in [1.82, 2.24) is 4.90 Å². The van der Waals surface area contributed by atoms with Crippen LogP contribution in [-0.2, 0) is 37.0 Å².